The zero-order valence-corrected chi connectivity index (χ0v) is 8.59. The summed E-state index contributed by atoms with van der Waals surface area (Å²) >= 11 is 0. The molecular weight excluding hydrogens is 204 g/mol. The van der Waals surface area contributed by atoms with Crippen molar-refractivity contribution in [1.82, 2.24) is 9.55 Å². The van der Waals surface area contributed by atoms with Gasteiger partial charge in [0.05, 0.1) is 0 Å². The maximum absolute atomic E-state index is 11.3. The van der Waals surface area contributed by atoms with Crippen LogP contribution in [0.4, 0.5) is 0 Å². The molecule has 1 aromatic heterocycles. The number of allylic oxidation sites excluding steroid dienone is 2. The lowest BCUT2D eigenvalue weighted by atomic mass is 10.1. The molecule has 2 rings (SSSR count). The van der Waals surface area contributed by atoms with Gasteiger partial charge in [0, 0.05) is 24.7 Å². The molecule has 0 aliphatic heterocycles. The standard InChI is InChI=1S/C12H11N2O2/c15-11-7-9-14(12(16)13-11)8-3-6-10-4-1-2-5-10/h1-7,9H,8H2,(H,13,15,16)/b6-3+. The fourth-order valence-corrected chi connectivity index (χ4v) is 1.39. The van der Waals surface area contributed by atoms with E-state index in [1.54, 1.807) is 0 Å². The first kappa shape index (κ1) is 10.9. The average molecular weight is 215 g/mol. The number of H-pyrrole nitrogens is 1. The van der Waals surface area contributed by atoms with Gasteiger partial charge in [-0.05, 0) is 25.7 Å². The van der Waals surface area contributed by atoms with Gasteiger partial charge in [0.25, 0.3) is 5.56 Å². The van der Waals surface area contributed by atoms with Crippen LogP contribution in [0.5, 0.6) is 0 Å². The maximum Gasteiger partial charge on any atom is 0.328 e. The topological polar surface area (TPSA) is 54.9 Å². The van der Waals surface area contributed by atoms with E-state index in [0.717, 1.165) is 5.92 Å². The highest BCUT2D eigenvalue weighted by Crippen LogP contribution is 2.23. The minimum atomic E-state index is -0.389. The molecule has 0 amide bonds. The third-order valence-electron chi connectivity index (χ3n) is 2.20. The van der Waals surface area contributed by atoms with E-state index >= 15 is 0 Å². The van der Waals surface area contributed by atoms with Crippen molar-refractivity contribution >= 4 is 0 Å². The van der Waals surface area contributed by atoms with Crippen molar-refractivity contribution in [2.24, 2.45) is 0 Å². The Morgan fingerprint density at radius 1 is 1.25 bits per heavy atom. The molecule has 1 aliphatic carbocycles. The van der Waals surface area contributed by atoms with Crippen molar-refractivity contribution in [2.75, 3.05) is 0 Å². The highest BCUT2D eigenvalue weighted by Gasteiger charge is 2.12. The van der Waals surface area contributed by atoms with Gasteiger partial charge in [-0.1, -0.05) is 12.2 Å². The summed E-state index contributed by atoms with van der Waals surface area (Å²) in [4.78, 5) is 24.3. The van der Waals surface area contributed by atoms with Gasteiger partial charge < -0.3 is 0 Å². The average Bonchev–Trinajstić information content (AvgIpc) is 2.74. The summed E-state index contributed by atoms with van der Waals surface area (Å²) in [6, 6.07) is 1.33. The first-order chi connectivity index (χ1) is 7.75. The molecule has 1 fully saturated rings. The third kappa shape index (κ3) is 2.72. The molecule has 0 aromatic carbocycles. The van der Waals surface area contributed by atoms with E-state index in [1.165, 1.54) is 16.8 Å². The molecule has 0 spiro atoms. The van der Waals surface area contributed by atoms with Crippen LogP contribution in [-0.2, 0) is 6.54 Å². The number of nitrogens with one attached hydrogen (secondary N) is 1. The quantitative estimate of drug-likeness (QED) is 0.798. The molecule has 0 bridgehead atoms. The molecule has 1 saturated carbocycles. The summed E-state index contributed by atoms with van der Waals surface area (Å²) in [6.07, 6.45) is 13.1. The molecule has 4 heteroatoms. The second-order valence-electron chi connectivity index (χ2n) is 3.38. The van der Waals surface area contributed by atoms with Crippen LogP contribution in [0.1, 0.15) is 0 Å². The van der Waals surface area contributed by atoms with Gasteiger partial charge >= 0.3 is 5.69 Å². The summed E-state index contributed by atoms with van der Waals surface area (Å²) in [6.45, 7) is 0.445. The lowest BCUT2D eigenvalue weighted by molar-refractivity contribution is 0.735. The predicted molar refractivity (Wildman–Crippen MR) is 60.9 cm³/mol. The van der Waals surface area contributed by atoms with Crippen LogP contribution in [0.2, 0.25) is 0 Å². The Morgan fingerprint density at radius 2 is 2.00 bits per heavy atom. The van der Waals surface area contributed by atoms with Crippen LogP contribution >= 0.6 is 0 Å². The fourth-order valence-electron chi connectivity index (χ4n) is 1.39. The van der Waals surface area contributed by atoms with Crippen LogP contribution in [0.25, 0.3) is 0 Å². The van der Waals surface area contributed by atoms with Crippen molar-refractivity contribution in [3.05, 3.63) is 76.9 Å². The number of rotatable bonds is 3. The summed E-state index contributed by atoms with van der Waals surface area (Å²) in [5.74, 6) is 1.09. The molecule has 1 aliphatic rings. The predicted octanol–water partition coefficient (Wildman–Crippen LogP) is 0.498. The zero-order valence-electron chi connectivity index (χ0n) is 8.59. The zero-order chi connectivity index (χ0) is 11.4. The molecule has 81 valence electrons. The van der Waals surface area contributed by atoms with Gasteiger partial charge in [-0.2, -0.15) is 0 Å². The monoisotopic (exact) mass is 215 g/mol. The molecule has 0 saturated heterocycles. The maximum atomic E-state index is 11.3. The number of aromatic amines is 1. The van der Waals surface area contributed by atoms with Crippen molar-refractivity contribution in [1.29, 1.82) is 0 Å². The summed E-state index contributed by atoms with van der Waals surface area (Å²) in [5, 5.41) is 0. The largest absolute Gasteiger partial charge is 0.328 e. The minimum absolute atomic E-state index is 0.374. The van der Waals surface area contributed by atoms with E-state index < -0.39 is 0 Å². The van der Waals surface area contributed by atoms with Gasteiger partial charge in [-0.25, -0.2) is 4.79 Å². The summed E-state index contributed by atoms with van der Waals surface area (Å²) in [7, 11) is 0. The van der Waals surface area contributed by atoms with Gasteiger partial charge in [0.2, 0.25) is 0 Å². The van der Waals surface area contributed by atoms with Gasteiger partial charge in [-0.3, -0.25) is 14.3 Å². The smallest absolute Gasteiger partial charge is 0.297 e. The molecule has 0 atom stereocenters. The van der Waals surface area contributed by atoms with Crippen LogP contribution in [0.3, 0.4) is 0 Å². The Labute approximate surface area is 93.6 Å². The second kappa shape index (κ2) is 4.96. The highest BCUT2D eigenvalue weighted by molar-refractivity contribution is 5.41. The molecule has 5 radical (unpaired) electrons. The Kier molecular flexibility index (Phi) is 3.39. The van der Waals surface area contributed by atoms with Gasteiger partial charge in [0.1, 0.15) is 0 Å². The van der Waals surface area contributed by atoms with Crippen LogP contribution < -0.4 is 11.2 Å². The molecule has 1 N–H and O–H groups in total. The molecule has 16 heavy (non-hydrogen) atoms. The fraction of sp³-hybridized carbons (Fsp3) is 0.0833. The normalized spacial score (nSPS) is 17.2. The first-order valence-corrected chi connectivity index (χ1v) is 4.94. The van der Waals surface area contributed by atoms with Crippen LogP contribution in [0, 0.1) is 31.6 Å². The van der Waals surface area contributed by atoms with Crippen LogP contribution in [0.15, 0.2) is 34.0 Å². The van der Waals surface area contributed by atoms with Crippen molar-refractivity contribution in [3.8, 4) is 0 Å². The van der Waals surface area contributed by atoms with E-state index in [9.17, 15) is 9.59 Å². The van der Waals surface area contributed by atoms with E-state index in [-0.39, 0.29) is 11.2 Å². The lowest BCUT2D eigenvalue weighted by Gasteiger charge is -2.01. The Hall–Kier alpha value is -1.58. The summed E-state index contributed by atoms with van der Waals surface area (Å²) < 4.78 is 1.43. The summed E-state index contributed by atoms with van der Waals surface area (Å²) in [5.41, 5.74) is -0.763. The number of hydrogen-bond acceptors (Lipinski definition) is 2. The van der Waals surface area contributed by atoms with E-state index in [1.807, 2.05) is 37.8 Å². The van der Waals surface area contributed by atoms with E-state index in [0.29, 0.717) is 6.54 Å². The van der Waals surface area contributed by atoms with Crippen molar-refractivity contribution in [3.63, 3.8) is 0 Å². The minimum Gasteiger partial charge on any atom is -0.297 e. The Morgan fingerprint density at radius 3 is 2.69 bits per heavy atom. The molecular formula is C12H11N2O2. The number of nitrogens with zero attached hydrogens (tertiary/aromatic N) is 1. The molecule has 0 unspecified atom stereocenters. The molecule has 1 aromatic rings. The van der Waals surface area contributed by atoms with Crippen molar-refractivity contribution < 1.29 is 0 Å². The van der Waals surface area contributed by atoms with Crippen molar-refractivity contribution in [2.45, 2.75) is 6.54 Å². The highest BCUT2D eigenvalue weighted by atomic mass is 16.2. The lowest BCUT2D eigenvalue weighted by Crippen LogP contribution is -2.28. The second-order valence-corrected chi connectivity index (χ2v) is 3.38. The molecule has 4 nitrogen and oxygen atoms in total. The Balaban J connectivity index is 1.98. The number of hydrogen-bond donors (Lipinski definition) is 1. The van der Waals surface area contributed by atoms with Gasteiger partial charge in [-0.15, -0.1) is 0 Å². The van der Waals surface area contributed by atoms with Gasteiger partial charge in [0.15, 0.2) is 0 Å². The Bertz CT molecular complexity index is 478. The van der Waals surface area contributed by atoms with E-state index in [2.05, 4.69) is 4.98 Å². The van der Waals surface area contributed by atoms with E-state index in [4.69, 9.17) is 0 Å². The van der Waals surface area contributed by atoms with Crippen LogP contribution in [-0.4, -0.2) is 9.55 Å². The number of aromatic nitrogens is 2. The first-order valence-electron chi connectivity index (χ1n) is 4.94. The SMILES string of the molecule is O=c1ccn(C/C=C/[C]2[CH][CH][CH][CH]2)c(=O)[nH]1. The third-order valence-corrected chi connectivity index (χ3v) is 2.20. The molecule has 1 heterocycles.